The number of aryl methyl sites for hydroxylation is 1. The summed E-state index contributed by atoms with van der Waals surface area (Å²) in [4.78, 5) is 19.6. The summed E-state index contributed by atoms with van der Waals surface area (Å²) < 4.78 is 0.856. The Morgan fingerprint density at radius 1 is 1.00 bits per heavy atom. The molecule has 0 aliphatic carbocycles. The van der Waals surface area contributed by atoms with Gasteiger partial charge in [-0.05, 0) is 48.9 Å². The number of anilines is 1. The molecule has 0 atom stereocenters. The number of aliphatic imine (C=N–C) groups is 1. The molecule has 4 rings (SSSR count). The lowest BCUT2D eigenvalue weighted by atomic mass is 10.1. The SMILES string of the molecule is Cc1ccc(N2C(=O)/C(=C\c3ccc(Cl)cc3Cl)N=C2c2ccccc2Br)cc1. The molecule has 1 heterocycles. The van der Waals surface area contributed by atoms with E-state index in [1.54, 1.807) is 29.2 Å². The van der Waals surface area contributed by atoms with Crippen molar-refractivity contribution in [3.63, 3.8) is 0 Å². The van der Waals surface area contributed by atoms with Crippen LogP contribution in [0.25, 0.3) is 6.08 Å². The number of amidine groups is 1. The molecule has 0 spiro atoms. The van der Waals surface area contributed by atoms with Crippen LogP contribution in [0.3, 0.4) is 0 Å². The minimum atomic E-state index is -0.217. The van der Waals surface area contributed by atoms with Gasteiger partial charge in [0.05, 0.1) is 5.69 Å². The molecule has 1 amide bonds. The van der Waals surface area contributed by atoms with Gasteiger partial charge in [0.1, 0.15) is 11.5 Å². The van der Waals surface area contributed by atoms with E-state index >= 15 is 0 Å². The highest BCUT2D eigenvalue weighted by Crippen LogP contribution is 2.32. The van der Waals surface area contributed by atoms with Crippen LogP contribution < -0.4 is 4.90 Å². The Morgan fingerprint density at radius 2 is 1.72 bits per heavy atom. The lowest BCUT2D eigenvalue weighted by Gasteiger charge is -2.19. The lowest BCUT2D eigenvalue weighted by molar-refractivity contribution is -0.113. The lowest BCUT2D eigenvalue weighted by Crippen LogP contribution is -2.32. The Bertz CT molecular complexity index is 1170. The van der Waals surface area contributed by atoms with E-state index < -0.39 is 0 Å². The van der Waals surface area contributed by atoms with Crippen molar-refractivity contribution in [2.24, 2.45) is 4.99 Å². The van der Waals surface area contributed by atoms with Crippen molar-refractivity contribution >= 4 is 62.6 Å². The first kappa shape index (κ1) is 19.9. The third-order valence-electron chi connectivity index (χ3n) is 4.52. The monoisotopic (exact) mass is 484 g/mol. The van der Waals surface area contributed by atoms with Gasteiger partial charge in [-0.1, -0.05) is 81.1 Å². The predicted octanol–water partition coefficient (Wildman–Crippen LogP) is 6.90. The Labute approximate surface area is 187 Å². The normalized spacial score (nSPS) is 15.2. The summed E-state index contributed by atoms with van der Waals surface area (Å²) in [6.07, 6.45) is 1.69. The summed E-state index contributed by atoms with van der Waals surface area (Å²) in [6, 6.07) is 20.6. The fraction of sp³-hybridized carbons (Fsp3) is 0.0435. The summed E-state index contributed by atoms with van der Waals surface area (Å²) >= 11 is 15.9. The van der Waals surface area contributed by atoms with Gasteiger partial charge < -0.3 is 0 Å². The third-order valence-corrected chi connectivity index (χ3v) is 5.78. The van der Waals surface area contributed by atoms with E-state index in [9.17, 15) is 4.79 Å². The summed E-state index contributed by atoms with van der Waals surface area (Å²) in [5.41, 5.74) is 3.68. The number of hydrogen-bond acceptors (Lipinski definition) is 2. The van der Waals surface area contributed by atoms with Crippen LogP contribution in [0.4, 0.5) is 5.69 Å². The van der Waals surface area contributed by atoms with Crippen molar-refractivity contribution in [1.82, 2.24) is 0 Å². The minimum Gasteiger partial charge on any atom is -0.266 e. The fourth-order valence-electron chi connectivity index (χ4n) is 3.04. The molecule has 6 heteroatoms. The largest absolute Gasteiger partial charge is 0.282 e. The molecular weight excluding hydrogens is 471 g/mol. The molecule has 0 saturated heterocycles. The van der Waals surface area contributed by atoms with Gasteiger partial charge in [0, 0.05) is 20.1 Å². The number of nitrogens with zero attached hydrogens (tertiary/aromatic N) is 2. The van der Waals surface area contributed by atoms with Gasteiger partial charge in [0.15, 0.2) is 0 Å². The second kappa shape index (κ2) is 8.15. The zero-order valence-electron chi connectivity index (χ0n) is 15.4. The Morgan fingerprint density at radius 3 is 2.41 bits per heavy atom. The molecule has 1 aliphatic rings. The summed E-state index contributed by atoms with van der Waals surface area (Å²) in [5, 5.41) is 0.998. The van der Waals surface area contributed by atoms with Crippen LogP contribution in [0.2, 0.25) is 10.0 Å². The molecule has 0 fully saturated rings. The predicted molar refractivity (Wildman–Crippen MR) is 124 cm³/mol. The number of rotatable bonds is 3. The summed E-state index contributed by atoms with van der Waals surface area (Å²) in [6.45, 7) is 2.01. The van der Waals surface area contributed by atoms with Gasteiger partial charge in [-0.3, -0.25) is 9.69 Å². The van der Waals surface area contributed by atoms with Crippen molar-refractivity contribution in [1.29, 1.82) is 0 Å². The van der Waals surface area contributed by atoms with E-state index in [2.05, 4.69) is 20.9 Å². The van der Waals surface area contributed by atoms with Crippen LogP contribution >= 0.6 is 39.1 Å². The molecule has 0 saturated carbocycles. The van der Waals surface area contributed by atoms with Crippen LogP contribution in [0.5, 0.6) is 0 Å². The molecule has 0 bridgehead atoms. The van der Waals surface area contributed by atoms with Crippen LogP contribution in [-0.4, -0.2) is 11.7 Å². The summed E-state index contributed by atoms with van der Waals surface area (Å²) in [5.74, 6) is 0.341. The first-order chi connectivity index (χ1) is 13.9. The smallest absolute Gasteiger partial charge is 0.266 e. The van der Waals surface area contributed by atoms with Crippen molar-refractivity contribution in [3.8, 4) is 0 Å². The molecule has 1 aliphatic heterocycles. The minimum absolute atomic E-state index is 0.217. The Kier molecular flexibility index (Phi) is 5.59. The topological polar surface area (TPSA) is 32.7 Å². The van der Waals surface area contributed by atoms with Crippen molar-refractivity contribution < 1.29 is 4.79 Å². The zero-order valence-corrected chi connectivity index (χ0v) is 18.5. The average molecular weight is 486 g/mol. The molecule has 0 aromatic heterocycles. The highest BCUT2D eigenvalue weighted by Gasteiger charge is 2.33. The van der Waals surface area contributed by atoms with E-state index in [0.717, 1.165) is 21.3 Å². The van der Waals surface area contributed by atoms with E-state index in [1.165, 1.54) is 0 Å². The maximum absolute atomic E-state index is 13.3. The average Bonchev–Trinajstić information content (AvgIpc) is 3.01. The molecule has 0 unspecified atom stereocenters. The Hall–Kier alpha value is -2.40. The molecule has 29 heavy (non-hydrogen) atoms. The summed E-state index contributed by atoms with van der Waals surface area (Å²) in [7, 11) is 0. The first-order valence-corrected chi connectivity index (χ1v) is 10.4. The molecule has 3 aromatic rings. The highest BCUT2D eigenvalue weighted by molar-refractivity contribution is 9.10. The molecule has 3 nitrogen and oxygen atoms in total. The zero-order chi connectivity index (χ0) is 20.5. The Balaban J connectivity index is 1.86. The van der Waals surface area contributed by atoms with Crippen molar-refractivity contribution in [2.75, 3.05) is 4.90 Å². The molecule has 0 radical (unpaired) electrons. The van der Waals surface area contributed by atoms with Crippen LogP contribution in [0.1, 0.15) is 16.7 Å². The van der Waals surface area contributed by atoms with Crippen LogP contribution in [0.15, 0.2) is 81.9 Å². The number of carbonyl (C=O) groups is 1. The maximum Gasteiger partial charge on any atom is 0.282 e. The maximum atomic E-state index is 13.3. The number of halogens is 3. The van der Waals surface area contributed by atoms with Gasteiger partial charge >= 0.3 is 0 Å². The second-order valence-corrected chi connectivity index (χ2v) is 8.28. The number of hydrogen-bond donors (Lipinski definition) is 0. The molecule has 3 aromatic carbocycles. The molecule has 0 N–H and O–H groups in total. The third kappa shape index (κ3) is 4.01. The fourth-order valence-corrected chi connectivity index (χ4v) is 3.96. The quantitative estimate of drug-likeness (QED) is 0.371. The van der Waals surface area contributed by atoms with E-state index in [1.807, 2.05) is 55.5 Å². The van der Waals surface area contributed by atoms with Crippen LogP contribution in [0, 0.1) is 6.92 Å². The number of carbonyl (C=O) groups excluding carboxylic acids is 1. The van der Waals surface area contributed by atoms with E-state index in [-0.39, 0.29) is 5.91 Å². The van der Waals surface area contributed by atoms with Gasteiger partial charge in [0.25, 0.3) is 5.91 Å². The van der Waals surface area contributed by atoms with Gasteiger partial charge in [-0.25, -0.2) is 4.99 Å². The van der Waals surface area contributed by atoms with Gasteiger partial charge in [-0.2, -0.15) is 0 Å². The molecule has 144 valence electrons. The van der Waals surface area contributed by atoms with Crippen molar-refractivity contribution in [2.45, 2.75) is 6.92 Å². The van der Waals surface area contributed by atoms with E-state index in [4.69, 9.17) is 23.2 Å². The van der Waals surface area contributed by atoms with Crippen LogP contribution in [-0.2, 0) is 4.79 Å². The number of amides is 1. The van der Waals surface area contributed by atoms with Gasteiger partial charge in [-0.15, -0.1) is 0 Å². The van der Waals surface area contributed by atoms with Crippen molar-refractivity contribution in [3.05, 3.63) is 104 Å². The molecular formula is C23H15BrCl2N2O. The number of benzene rings is 3. The second-order valence-electron chi connectivity index (χ2n) is 6.59. The van der Waals surface area contributed by atoms with E-state index in [0.29, 0.717) is 27.1 Å². The highest BCUT2D eigenvalue weighted by atomic mass is 79.9. The van der Waals surface area contributed by atoms with Gasteiger partial charge in [0.2, 0.25) is 0 Å². The first-order valence-electron chi connectivity index (χ1n) is 8.85. The standard InChI is InChI=1S/C23H15BrCl2N2O/c1-14-6-10-17(11-7-14)28-22(18-4-2-3-5-19(18)24)27-21(23(28)29)12-15-8-9-16(25)13-20(15)26/h2-13H,1H3/b21-12+.